The van der Waals surface area contributed by atoms with Crippen molar-refractivity contribution in [2.45, 2.75) is 6.29 Å². The molecule has 0 fully saturated rings. The summed E-state index contributed by atoms with van der Waals surface area (Å²) in [6.45, 7) is 0. The summed E-state index contributed by atoms with van der Waals surface area (Å²) in [6, 6.07) is 11.8. The standard InChI is InChI=1S/C17H16FN3O2/c1-22-17(23-2)15-11-16(12-7-9-19-10-8-12)21(20-15)14-5-3-13(18)4-6-14/h3-11,17H,1-2H3. The topological polar surface area (TPSA) is 49.2 Å². The summed E-state index contributed by atoms with van der Waals surface area (Å²) in [7, 11) is 3.11. The predicted molar refractivity (Wildman–Crippen MR) is 83.5 cm³/mol. The molecule has 23 heavy (non-hydrogen) atoms. The first-order chi connectivity index (χ1) is 11.2. The van der Waals surface area contributed by atoms with E-state index in [9.17, 15) is 4.39 Å². The van der Waals surface area contributed by atoms with Gasteiger partial charge in [0.25, 0.3) is 0 Å². The molecule has 5 nitrogen and oxygen atoms in total. The van der Waals surface area contributed by atoms with Gasteiger partial charge in [-0.2, -0.15) is 5.10 Å². The summed E-state index contributed by atoms with van der Waals surface area (Å²) >= 11 is 0. The highest BCUT2D eigenvalue weighted by molar-refractivity contribution is 5.62. The van der Waals surface area contributed by atoms with Gasteiger partial charge in [0.2, 0.25) is 6.29 Å². The van der Waals surface area contributed by atoms with E-state index in [1.807, 2.05) is 18.2 Å². The summed E-state index contributed by atoms with van der Waals surface area (Å²) in [6.07, 6.45) is 2.85. The molecule has 0 saturated heterocycles. The van der Waals surface area contributed by atoms with Crippen molar-refractivity contribution in [3.63, 3.8) is 0 Å². The first-order valence-corrected chi connectivity index (χ1v) is 7.05. The molecule has 3 rings (SSSR count). The fourth-order valence-corrected chi connectivity index (χ4v) is 2.36. The molecule has 2 aromatic heterocycles. The largest absolute Gasteiger partial charge is 0.350 e. The van der Waals surface area contributed by atoms with E-state index in [1.165, 1.54) is 12.1 Å². The number of rotatable bonds is 5. The molecule has 0 aliphatic rings. The van der Waals surface area contributed by atoms with Crippen molar-refractivity contribution in [1.29, 1.82) is 0 Å². The van der Waals surface area contributed by atoms with Gasteiger partial charge >= 0.3 is 0 Å². The molecule has 6 heteroatoms. The number of halogens is 1. The van der Waals surface area contributed by atoms with Crippen molar-refractivity contribution < 1.29 is 13.9 Å². The van der Waals surface area contributed by atoms with Crippen molar-refractivity contribution in [3.8, 4) is 16.9 Å². The van der Waals surface area contributed by atoms with Gasteiger partial charge in [-0.1, -0.05) is 0 Å². The zero-order valence-corrected chi connectivity index (χ0v) is 12.8. The van der Waals surface area contributed by atoms with Crippen molar-refractivity contribution in [1.82, 2.24) is 14.8 Å². The van der Waals surface area contributed by atoms with Gasteiger partial charge in [0.1, 0.15) is 11.5 Å². The zero-order valence-electron chi connectivity index (χ0n) is 12.8. The molecular weight excluding hydrogens is 297 g/mol. The SMILES string of the molecule is COC(OC)c1cc(-c2ccncc2)n(-c2ccc(F)cc2)n1. The minimum Gasteiger partial charge on any atom is -0.350 e. The summed E-state index contributed by atoms with van der Waals surface area (Å²) in [5.74, 6) is -0.293. The summed E-state index contributed by atoms with van der Waals surface area (Å²) in [4.78, 5) is 4.03. The third-order valence-electron chi connectivity index (χ3n) is 3.45. The van der Waals surface area contributed by atoms with Crippen molar-refractivity contribution >= 4 is 0 Å². The summed E-state index contributed by atoms with van der Waals surface area (Å²) in [5, 5.41) is 4.55. The van der Waals surface area contributed by atoms with E-state index in [4.69, 9.17) is 9.47 Å². The quantitative estimate of drug-likeness (QED) is 0.678. The van der Waals surface area contributed by atoms with Crippen LogP contribution >= 0.6 is 0 Å². The molecule has 0 aliphatic heterocycles. The molecule has 2 heterocycles. The Morgan fingerprint density at radius 3 is 2.26 bits per heavy atom. The second kappa shape index (κ2) is 6.68. The minimum absolute atomic E-state index is 0.293. The zero-order chi connectivity index (χ0) is 16.2. The van der Waals surface area contributed by atoms with E-state index in [0.29, 0.717) is 5.69 Å². The van der Waals surface area contributed by atoms with Gasteiger partial charge in [0.15, 0.2) is 0 Å². The molecule has 1 aromatic carbocycles. The van der Waals surface area contributed by atoms with E-state index in [1.54, 1.807) is 43.4 Å². The maximum atomic E-state index is 13.2. The number of aromatic nitrogens is 3. The highest BCUT2D eigenvalue weighted by Gasteiger charge is 2.18. The van der Waals surface area contributed by atoms with E-state index in [2.05, 4.69) is 10.1 Å². The Morgan fingerprint density at radius 1 is 1.00 bits per heavy atom. The molecule has 0 bridgehead atoms. The first kappa shape index (κ1) is 15.3. The Balaban J connectivity index is 2.14. The molecule has 0 N–H and O–H groups in total. The number of pyridine rings is 1. The molecule has 0 saturated carbocycles. The van der Waals surface area contributed by atoms with Crippen LogP contribution in [0.1, 0.15) is 12.0 Å². The lowest BCUT2D eigenvalue weighted by Crippen LogP contribution is -2.06. The average Bonchev–Trinajstić information content (AvgIpc) is 3.02. The predicted octanol–water partition coefficient (Wildman–Crippen LogP) is 3.36. The molecule has 0 spiro atoms. The van der Waals surface area contributed by atoms with Gasteiger partial charge in [-0.05, 0) is 42.5 Å². The van der Waals surface area contributed by atoms with Crippen LogP contribution in [0, 0.1) is 5.82 Å². The Kier molecular flexibility index (Phi) is 4.45. The maximum Gasteiger partial charge on any atom is 0.202 e. The first-order valence-electron chi connectivity index (χ1n) is 7.05. The molecule has 118 valence electrons. The molecule has 0 unspecified atom stereocenters. The highest BCUT2D eigenvalue weighted by atomic mass is 19.1. The number of hydrogen-bond donors (Lipinski definition) is 0. The summed E-state index contributed by atoms with van der Waals surface area (Å²) < 4.78 is 25.5. The molecule has 3 aromatic rings. The van der Waals surface area contributed by atoms with Gasteiger partial charge in [-0.15, -0.1) is 0 Å². The lowest BCUT2D eigenvalue weighted by atomic mass is 10.2. The summed E-state index contributed by atoms with van der Waals surface area (Å²) in [5.41, 5.74) is 3.16. The molecule has 0 aliphatic carbocycles. The Hall–Kier alpha value is -2.57. The third kappa shape index (κ3) is 3.13. The molecular formula is C17H16FN3O2. The van der Waals surface area contributed by atoms with Gasteiger partial charge in [0, 0.05) is 32.2 Å². The number of methoxy groups -OCH3 is 2. The third-order valence-corrected chi connectivity index (χ3v) is 3.45. The maximum absolute atomic E-state index is 13.2. The van der Waals surface area contributed by atoms with Crippen LogP contribution in [0.4, 0.5) is 4.39 Å². The minimum atomic E-state index is -0.572. The monoisotopic (exact) mass is 313 g/mol. The van der Waals surface area contributed by atoms with Crippen molar-refractivity contribution in [3.05, 3.63) is 66.4 Å². The highest BCUT2D eigenvalue weighted by Crippen LogP contribution is 2.27. The normalized spacial score (nSPS) is 11.1. The lowest BCUT2D eigenvalue weighted by molar-refractivity contribution is -0.108. The smallest absolute Gasteiger partial charge is 0.202 e. The van der Waals surface area contributed by atoms with Gasteiger partial charge in [-0.3, -0.25) is 4.98 Å². The molecule has 0 atom stereocenters. The van der Waals surface area contributed by atoms with Gasteiger partial charge in [-0.25, -0.2) is 9.07 Å². The van der Waals surface area contributed by atoms with E-state index in [-0.39, 0.29) is 5.82 Å². The molecule has 0 amide bonds. The second-order valence-corrected chi connectivity index (χ2v) is 4.88. The number of hydrogen-bond acceptors (Lipinski definition) is 4. The number of nitrogens with zero attached hydrogens (tertiary/aromatic N) is 3. The van der Waals surface area contributed by atoms with Crippen LogP contribution in [-0.2, 0) is 9.47 Å². The number of ether oxygens (including phenoxy) is 2. The van der Waals surface area contributed by atoms with Gasteiger partial charge in [0.05, 0.1) is 11.4 Å². The number of benzene rings is 1. The van der Waals surface area contributed by atoms with Crippen LogP contribution in [0.2, 0.25) is 0 Å². The fraction of sp³-hybridized carbons (Fsp3) is 0.176. The van der Waals surface area contributed by atoms with Crippen molar-refractivity contribution in [2.75, 3.05) is 14.2 Å². The van der Waals surface area contributed by atoms with Crippen LogP contribution < -0.4 is 0 Å². The van der Waals surface area contributed by atoms with Gasteiger partial charge < -0.3 is 9.47 Å². The Morgan fingerprint density at radius 2 is 1.65 bits per heavy atom. The van der Waals surface area contributed by atoms with E-state index in [0.717, 1.165) is 16.9 Å². The Labute approximate surface area is 133 Å². The van der Waals surface area contributed by atoms with Crippen LogP contribution in [0.5, 0.6) is 0 Å². The van der Waals surface area contributed by atoms with Crippen LogP contribution in [0.15, 0.2) is 54.9 Å². The van der Waals surface area contributed by atoms with Crippen LogP contribution in [-0.4, -0.2) is 29.0 Å². The average molecular weight is 313 g/mol. The Bertz CT molecular complexity index is 768. The lowest BCUT2D eigenvalue weighted by Gasteiger charge is -2.09. The van der Waals surface area contributed by atoms with Crippen LogP contribution in [0.3, 0.4) is 0 Å². The van der Waals surface area contributed by atoms with Crippen LogP contribution in [0.25, 0.3) is 16.9 Å². The molecule has 0 radical (unpaired) electrons. The van der Waals surface area contributed by atoms with E-state index < -0.39 is 6.29 Å². The van der Waals surface area contributed by atoms with Crippen molar-refractivity contribution in [2.24, 2.45) is 0 Å². The van der Waals surface area contributed by atoms with E-state index >= 15 is 0 Å². The second-order valence-electron chi connectivity index (χ2n) is 4.88. The fourth-order valence-electron chi connectivity index (χ4n) is 2.36.